The lowest BCUT2D eigenvalue weighted by Crippen LogP contribution is -2.66. The molecule has 0 saturated heterocycles. The van der Waals surface area contributed by atoms with Crippen LogP contribution in [-0.2, 0) is 14.3 Å². The van der Waals surface area contributed by atoms with Crippen LogP contribution in [0.5, 0.6) is 0 Å². The largest absolute Gasteiger partial charge is 0.462 e. The summed E-state index contributed by atoms with van der Waals surface area (Å²) in [7, 11) is 1.77. The topological polar surface area (TPSA) is 76.0 Å². The molecule has 0 aromatic carbocycles. The highest BCUT2D eigenvalue weighted by Crippen LogP contribution is 2.76. The third kappa shape index (κ3) is 7.14. The Morgan fingerprint density at radius 2 is 1.43 bits per heavy atom. The lowest BCUT2D eigenvalue weighted by molar-refractivity contribution is -0.249. The van der Waals surface area contributed by atoms with Crippen molar-refractivity contribution in [1.29, 1.82) is 0 Å². The summed E-state index contributed by atoms with van der Waals surface area (Å²) in [6.45, 7) is 20.8. The molecular formula is C41H74O5. The Kier molecular flexibility index (Phi) is 11.9. The number of methoxy groups -OCH3 is 1. The molecule has 4 aliphatic carbocycles. The van der Waals surface area contributed by atoms with Gasteiger partial charge in [0.25, 0.3) is 0 Å². The highest BCUT2D eigenvalue weighted by atomic mass is 16.5. The second kappa shape index (κ2) is 14.3. The van der Waals surface area contributed by atoms with Crippen molar-refractivity contribution < 1.29 is 24.5 Å². The van der Waals surface area contributed by atoms with E-state index in [-0.39, 0.29) is 51.2 Å². The maximum Gasteiger partial charge on any atom is 0.306 e. The van der Waals surface area contributed by atoms with Gasteiger partial charge in [-0.05, 0) is 131 Å². The van der Waals surface area contributed by atoms with Crippen LogP contribution in [-0.4, -0.2) is 46.7 Å². The number of hydrogen-bond acceptors (Lipinski definition) is 5. The van der Waals surface area contributed by atoms with Crippen LogP contribution in [0.4, 0.5) is 0 Å². The molecule has 5 heteroatoms. The number of aliphatic hydroxyl groups is 2. The molecule has 4 saturated carbocycles. The first-order valence-corrected chi connectivity index (χ1v) is 19.5. The van der Waals surface area contributed by atoms with Gasteiger partial charge < -0.3 is 19.7 Å². The summed E-state index contributed by atoms with van der Waals surface area (Å²) in [4.78, 5) is 13.0. The monoisotopic (exact) mass is 647 g/mol. The number of rotatable bonds is 15. The fourth-order valence-electron chi connectivity index (χ4n) is 12.2. The standard InChI is InChI=1S/C41H74O5/c1-11-12-13-14-15-16-17-19-34(43)46-33-22-25-38(6)31(37(33,4)5)21-27-39(7)32(38)28-30(42)35-29(20-26-40(35,39)8)41(9,44)24-18-23-36(2,3)45-10/h29-33,35,42,44H,11-28H2,1-10H3/t29-,30+,31-,32+,33-,35-,38-,39+,40+,41+/m0/s1. The molecule has 2 N–H and O–H groups in total. The first kappa shape index (κ1) is 38.2. The predicted molar refractivity (Wildman–Crippen MR) is 188 cm³/mol. The number of carbonyl (C=O) groups is 1. The second-order valence-corrected chi connectivity index (χ2v) is 18.8. The van der Waals surface area contributed by atoms with Crippen molar-refractivity contribution in [3.8, 4) is 0 Å². The van der Waals surface area contributed by atoms with Gasteiger partial charge in [0.1, 0.15) is 6.10 Å². The molecule has 5 nitrogen and oxygen atoms in total. The van der Waals surface area contributed by atoms with E-state index in [1.807, 2.05) is 6.92 Å². The summed E-state index contributed by atoms with van der Waals surface area (Å²) in [6, 6.07) is 0. The van der Waals surface area contributed by atoms with Gasteiger partial charge in [0, 0.05) is 18.9 Å². The SMILES string of the molecule is CCCCCCCCCC(=O)O[C@H]1CC[C@]2(C)[C@H]3C[C@@H](O)[C@@H]4[C@@H]([C@](C)(O)CCCC(C)(C)OC)CC[C@@]4(C)[C@]3(C)CC[C@H]2C1(C)C. The lowest BCUT2D eigenvalue weighted by Gasteiger charge is -2.70. The molecule has 0 heterocycles. The minimum atomic E-state index is -0.795. The maximum absolute atomic E-state index is 13.0. The van der Waals surface area contributed by atoms with Gasteiger partial charge >= 0.3 is 5.97 Å². The summed E-state index contributed by atoms with van der Waals surface area (Å²) in [5.74, 6) is 1.11. The van der Waals surface area contributed by atoms with E-state index in [0.29, 0.717) is 18.3 Å². The molecule has 0 radical (unpaired) electrons. The van der Waals surface area contributed by atoms with Crippen LogP contribution >= 0.6 is 0 Å². The number of aliphatic hydroxyl groups excluding tert-OH is 1. The lowest BCUT2D eigenvalue weighted by atomic mass is 9.35. The van der Waals surface area contributed by atoms with E-state index in [0.717, 1.165) is 77.0 Å². The number of fused-ring (bicyclic) bond motifs is 5. The van der Waals surface area contributed by atoms with Crippen LogP contribution in [0.3, 0.4) is 0 Å². The zero-order valence-corrected chi connectivity index (χ0v) is 31.8. The predicted octanol–water partition coefficient (Wildman–Crippen LogP) is 10.0. The normalized spacial score (nSPS) is 40.0. The van der Waals surface area contributed by atoms with Crippen molar-refractivity contribution >= 4 is 5.97 Å². The molecule has 4 aliphatic rings. The average molecular weight is 647 g/mol. The van der Waals surface area contributed by atoms with Crippen LogP contribution in [0.2, 0.25) is 0 Å². The summed E-state index contributed by atoms with van der Waals surface area (Å²) in [5, 5.41) is 24.1. The summed E-state index contributed by atoms with van der Waals surface area (Å²) >= 11 is 0. The number of hydrogen-bond donors (Lipinski definition) is 2. The molecule has 0 aromatic heterocycles. The van der Waals surface area contributed by atoms with E-state index < -0.39 is 11.7 Å². The third-order valence-corrected chi connectivity index (χ3v) is 15.4. The minimum Gasteiger partial charge on any atom is -0.462 e. The van der Waals surface area contributed by atoms with Gasteiger partial charge in [-0.15, -0.1) is 0 Å². The van der Waals surface area contributed by atoms with Crippen LogP contribution in [0, 0.1) is 45.3 Å². The van der Waals surface area contributed by atoms with Crippen LogP contribution < -0.4 is 0 Å². The second-order valence-electron chi connectivity index (χ2n) is 18.8. The molecule has 46 heavy (non-hydrogen) atoms. The molecule has 4 rings (SSSR count). The van der Waals surface area contributed by atoms with E-state index in [1.165, 1.54) is 32.1 Å². The van der Waals surface area contributed by atoms with Crippen LogP contribution in [0.1, 0.15) is 178 Å². The van der Waals surface area contributed by atoms with Gasteiger partial charge in [-0.3, -0.25) is 4.79 Å². The van der Waals surface area contributed by atoms with Crippen molar-refractivity contribution in [3.63, 3.8) is 0 Å². The molecule has 0 aliphatic heterocycles. The van der Waals surface area contributed by atoms with E-state index in [2.05, 4.69) is 55.4 Å². The Morgan fingerprint density at radius 1 is 0.804 bits per heavy atom. The molecule has 4 fully saturated rings. The van der Waals surface area contributed by atoms with Crippen molar-refractivity contribution in [2.75, 3.05) is 7.11 Å². The van der Waals surface area contributed by atoms with Crippen LogP contribution in [0.15, 0.2) is 0 Å². The van der Waals surface area contributed by atoms with E-state index >= 15 is 0 Å². The smallest absolute Gasteiger partial charge is 0.306 e. The van der Waals surface area contributed by atoms with Crippen molar-refractivity contribution in [1.82, 2.24) is 0 Å². The summed E-state index contributed by atoms with van der Waals surface area (Å²) in [6.07, 6.45) is 18.3. The Hall–Kier alpha value is -0.650. The van der Waals surface area contributed by atoms with Crippen molar-refractivity contribution in [3.05, 3.63) is 0 Å². The molecule has 10 atom stereocenters. The van der Waals surface area contributed by atoms with Gasteiger partial charge in [0.2, 0.25) is 0 Å². The van der Waals surface area contributed by atoms with Gasteiger partial charge in [0.15, 0.2) is 0 Å². The maximum atomic E-state index is 13.0. The molecule has 0 amide bonds. The fraction of sp³-hybridized carbons (Fsp3) is 0.976. The summed E-state index contributed by atoms with van der Waals surface area (Å²) < 4.78 is 12.0. The summed E-state index contributed by atoms with van der Waals surface area (Å²) in [5.41, 5.74) is -0.867. The van der Waals surface area contributed by atoms with E-state index in [9.17, 15) is 15.0 Å². The molecule has 0 aromatic rings. The minimum absolute atomic E-state index is 0.00541. The third-order valence-electron chi connectivity index (χ3n) is 15.4. The Morgan fingerprint density at radius 3 is 2.09 bits per heavy atom. The first-order valence-electron chi connectivity index (χ1n) is 19.5. The van der Waals surface area contributed by atoms with Crippen LogP contribution in [0.25, 0.3) is 0 Å². The molecule has 0 bridgehead atoms. The molecule has 0 spiro atoms. The molecule has 268 valence electrons. The van der Waals surface area contributed by atoms with E-state index in [4.69, 9.17) is 9.47 Å². The average Bonchev–Trinajstić information content (AvgIpc) is 3.36. The van der Waals surface area contributed by atoms with Crippen molar-refractivity contribution in [2.24, 2.45) is 45.3 Å². The number of carbonyl (C=O) groups excluding carboxylic acids is 1. The van der Waals surface area contributed by atoms with Gasteiger partial charge in [-0.2, -0.15) is 0 Å². The fourth-order valence-corrected chi connectivity index (χ4v) is 12.2. The van der Waals surface area contributed by atoms with E-state index in [1.54, 1.807) is 7.11 Å². The Bertz CT molecular complexity index is 1020. The van der Waals surface area contributed by atoms with Crippen molar-refractivity contribution in [2.45, 2.75) is 201 Å². The molecule has 0 unspecified atom stereocenters. The number of unbranched alkanes of at least 4 members (excludes halogenated alkanes) is 6. The van der Waals surface area contributed by atoms with Gasteiger partial charge in [0.05, 0.1) is 17.3 Å². The first-order chi connectivity index (χ1) is 21.4. The zero-order chi connectivity index (χ0) is 34.2. The van der Waals surface area contributed by atoms with Gasteiger partial charge in [-0.1, -0.05) is 80.1 Å². The van der Waals surface area contributed by atoms with Gasteiger partial charge in [-0.25, -0.2) is 0 Å². The number of ether oxygens (including phenoxy) is 2. The highest BCUT2D eigenvalue weighted by molar-refractivity contribution is 5.69. The quantitative estimate of drug-likeness (QED) is 0.137. The number of esters is 1. The Balaban J connectivity index is 1.43. The Labute approximate surface area is 283 Å². The molecular weight excluding hydrogens is 572 g/mol. The zero-order valence-electron chi connectivity index (χ0n) is 31.8. The highest BCUT2D eigenvalue weighted by Gasteiger charge is 2.71.